The van der Waals surface area contributed by atoms with E-state index in [1.165, 1.54) is 3.71 Å². The Bertz CT molecular complexity index is 398. The summed E-state index contributed by atoms with van der Waals surface area (Å²) in [5.74, 6) is 0. The lowest BCUT2D eigenvalue weighted by Gasteiger charge is -1.88. The molecule has 11 heavy (non-hydrogen) atoms. The van der Waals surface area contributed by atoms with Crippen LogP contribution in [-0.4, -0.2) is 14.0 Å². The Labute approximate surface area is 76.3 Å². The molecule has 0 aliphatic rings. The van der Waals surface area contributed by atoms with E-state index in [4.69, 9.17) is 11.6 Å². The summed E-state index contributed by atoms with van der Waals surface area (Å²) in [5, 5.41) is 8.29. The van der Waals surface area contributed by atoms with E-state index in [9.17, 15) is 0 Å². The summed E-state index contributed by atoms with van der Waals surface area (Å²) in [6.45, 7) is 0. The molecule has 5 heteroatoms. The number of nitrogens with zero attached hydrogens (tertiary/aromatic N) is 3. The second kappa shape index (κ2) is 2.46. The predicted octanol–water partition coefficient (Wildman–Crippen LogP) is 2.24. The smallest absolute Gasteiger partial charge is 0.115 e. The molecule has 0 aliphatic carbocycles. The SMILES string of the molecule is Clc1ccc2c(c1)nnn2Br. The lowest BCUT2D eigenvalue weighted by atomic mass is 10.3. The van der Waals surface area contributed by atoms with Crippen LogP contribution in [0.25, 0.3) is 11.0 Å². The van der Waals surface area contributed by atoms with E-state index in [0.717, 1.165) is 11.0 Å². The number of hydrogen-bond acceptors (Lipinski definition) is 2. The zero-order valence-corrected chi connectivity index (χ0v) is 7.67. The maximum atomic E-state index is 5.74. The number of fused-ring (bicyclic) bond motifs is 1. The fourth-order valence-corrected chi connectivity index (χ4v) is 1.41. The van der Waals surface area contributed by atoms with E-state index in [2.05, 4.69) is 26.5 Å². The minimum atomic E-state index is 0.672. The van der Waals surface area contributed by atoms with Crippen LogP contribution in [0.1, 0.15) is 0 Å². The molecule has 2 rings (SSSR count). The van der Waals surface area contributed by atoms with Crippen molar-refractivity contribution in [2.75, 3.05) is 0 Å². The van der Waals surface area contributed by atoms with Gasteiger partial charge in [-0.1, -0.05) is 16.8 Å². The van der Waals surface area contributed by atoms with Gasteiger partial charge in [0.1, 0.15) is 11.0 Å². The molecule has 0 amide bonds. The highest BCUT2D eigenvalue weighted by Gasteiger charge is 2.00. The Balaban J connectivity index is 2.86. The van der Waals surface area contributed by atoms with Crippen LogP contribution in [0.5, 0.6) is 0 Å². The van der Waals surface area contributed by atoms with Gasteiger partial charge in [-0.25, -0.2) is 0 Å². The fraction of sp³-hybridized carbons (Fsp3) is 0. The summed E-state index contributed by atoms with van der Waals surface area (Å²) in [6, 6.07) is 5.42. The van der Waals surface area contributed by atoms with E-state index >= 15 is 0 Å². The van der Waals surface area contributed by atoms with Crippen LogP contribution in [-0.2, 0) is 0 Å². The Kier molecular flexibility index (Phi) is 1.58. The lowest BCUT2D eigenvalue weighted by Crippen LogP contribution is -1.79. The summed E-state index contributed by atoms with van der Waals surface area (Å²) in [6.07, 6.45) is 0. The molecule has 0 saturated heterocycles. The van der Waals surface area contributed by atoms with Crippen LogP contribution in [0, 0.1) is 0 Å². The van der Waals surface area contributed by atoms with Gasteiger partial charge in [0.2, 0.25) is 0 Å². The second-order valence-corrected chi connectivity index (χ2v) is 3.19. The maximum absolute atomic E-state index is 5.74. The van der Waals surface area contributed by atoms with Crippen molar-refractivity contribution < 1.29 is 0 Å². The third-order valence-electron chi connectivity index (χ3n) is 1.37. The Morgan fingerprint density at radius 2 is 2.27 bits per heavy atom. The van der Waals surface area contributed by atoms with Gasteiger partial charge in [-0.15, -0.1) is 5.10 Å². The van der Waals surface area contributed by atoms with Crippen LogP contribution in [0.4, 0.5) is 0 Å². The third kappa shape index (κ3) is 1.12. The quantitative estimate of drug-likeness (QED) is 0.697. The number of benzene rings is 1. The maximum Gasteiger partial charge on any atom is 0.115 e. The Hall–Kier alpha value is -0.610. The van der Waals surface area contributed by atoms with E-state index < -0.39 is 0 Å². The van der Waals surface area contributed by atoms with Gasteiger partial charge >= 0.3 is 0 Å². The molecule has 0 radical (unpaired) electrons. The molecule has 1 heterocycles. The molecule has 1 aromatic heterocycles. The first-order chi connectivity index (χ1) is 5.27. The highest BCUT2D eigenvalue weighted by atomic mass is 79.9. The summed E-state index contributed by atoms with van der Waals surface area (Å²) in [7, 11) is 0. The predicted molar refractivity (Wildman–Crippen MR) is 46.9 cm³/mol. The normalized spacial score (nSPS) is 10.7. The van der Waals surface area contributed by atoms with Crippen molar-refractivity contribution in [3.8, 4) is 0 Å². The highest BCUT2D eigenvalue weighted by molar-refractivity contribution is 9.08. The first-order valence-electron chi connectivity index (χ1n) is 2.94. The van der Waals surface area contributed by atoms with Crippen molar-refractivity contribution in [3.05, 3.63) is 23.2 Å². The number of halogens is 2. The van der Waals surface area contributed by atoms with Crippen molar-refractivity contribution in [1.82, 2.24) is 14.0 Å². The van der Waals surface area contributed by atoms with Crippen molar-refractivity contribution in [3.63, 3.8) is 0 Å². The molecule has 0 bridgehead atoms. The molecule has 3 nitrogen and oxygen atoms in total. The molecule has 0 aliphatic heterocycles. The number of rotatable bonds is 0. The number of hydrogen-bond donors (Lipinski definition) is 0. The summed E-state index contributed by atoms with van der Waals surface area (Å²) < 4.78 is 1.53. The zero-order valence-electron chi connectivity index (χ0n) is 5.33. The summed E-state index contributed by atoms with van der Waals surface area (Å²) in [5.41, 5.74) is 1.70. The van der Waals surface area contributed by atoms with E-state index in [1.54, 1.807) is 12.1 Å². The largest absolute Gasteiger partial charge is 0.177 e. The Morgan fingerprint density at radius 3 is 3.09 bits per heavy atom. The minimum Gasteiger partial charge on any atom is -0.177 e. The fourth-order valence-electron chi connectivity index (χ4n) is 0.868. The monoisotopic (exact) mass is 231 g/mol. The summed E-state index contributed by atoms with van der Waals surface area (Å²) in [4.78, 5) is 0. The molecule has 0 unspecified atom stereocenters. The molecule has 1 aromatic carbocycles. The van der Waals surface area contributed by atoms with Gasteiger partial charge < -0.3 is 0 Å². The van der Waals surface area contributed by atoms with E-state index in [0.29, 0.717) is 5.02 Å². The van der Waals surface area contributed by atoms with Crippen LogP contribution >= 0.6 is 27.7 Å². The molecule has 2 aromatic rings. The van der Waals surface area contributed by atoms with Crippen molar-refractivity contribution in [2.45, 2.75) is 0 Å². The van der Waals surface area contributed by atoms with Crippen molar-refractivity contribution in [2.24, 2.45) is 0 Å². The molecule has 0 saturated carbocycles. The second-order valence-electron chi connectivity index (χ2n) is 2.08. The molecule has 56 valence electrons. The molecule has 0 atom stereocenters. The van der Waals surface area contributed by atoms with Crippen LogP contribution in [0.2, 0.25) is 5.02 Å². The molecular formula is C6H3BrClN3. The van der Waals surface area contributed by atoms with Gasteiger partial charge in [-0.3, -0.25) is 0 Å². The molecule has 0 N–H and O–H groups in total. The average molecular weight is 232 g/mol. The van der Waals surface area contributed by atoms with Gasteiger partial charge in [0.15, 0.2) is 0 Å². The van der Waals surface area contributed by atoms with Crippen LogP contribution in [0.3, 0.4) is 0 Å². The van der Waals surface area contributed by atoms with Gasteiger partial charge in [0, 0.05) is 5.02 Å². The van der Waals surface area contributed by atoms with Gasteiger partial charge in [-0.05, 0) is 18.2 Å². The standard InChI is InChI=1S/C6H3BrClN3/c7-11-6-2-1-4(8)3-5(6)9-10-11/h1-3H. The van der Waals surface area contributed by atoms with Crippen LogP contribution in [0.15, 0.2) is 18.2 Å². The molecule has 0 fully saturated rings. The average Bonchev–Trinajstić information content (AvgIpc) is 2.32. The zero-order chi connectivity index (χ0) is 7.84. The lowest BCUT2D eigenvalue weighted by molar-refractivity contribution is 0.924. The Morgan fingerprint density at radius 1 is 1.45 bits per heavy atom. The first-order valence-corrected chi connectivity index (χ1v) is 4.03. The van der Waals surface area contributed by atoms with E-state index in [1.807, 2.05) is 6.07 Å². The van der Waals surface area contributed by atoms with Crippen LogP contribution < -0.4 is 0 Å². The molecular weight excluding hydrogens is 229 g/mol. The van der Waals surface area contributed by atoms with Crippen molar-refractivity contribution in [1.29, 1.82) is 0 Å². The summed E-state index contributed by atoms with van der Waals surface area (Å²) >= 11 is 8.93. The highest BCUT2D eigenvalue weighted by Crippen LogP contribution is 2.17. The van der Waals surface area contributed by atoms with Gasteiger partial charge in [0.05, 0.1) is 16.1 Å². The van der Waals surface area contributed by atoms with Gasteiger partial charge in [0.25, 0.3) is 0 Å². The number of aromatic nitrogens is 3. The third-order valence-corrected chi connectivity index (χ3v) is 2.13. The molecule has 0 spiro atoms. The van der Waals surface area contributed by atoms with E-state index in [-0.39, 0.29) is 0 Å². The van der Waals surface area contributed by atoms with Crippen molar-refractivity contribution >= 4 is 38.8 Å². The van der Waals surface area contributed by atoms with Gasteiger partial charge in [-0.2, -0.15) is 3.71 Å². The minimum absolute atomic E-state index is 0.672. The first kappa shape index (κ1) is 7.06. The topological polar surface area (TPSA) is 30.7 Å².